The number of hydrogen-bond acceptors (Lipinski definition) is 9. The van der Waals surface area contributed by atoms with Crippen LogP contribution in [0.25, 0.3) is 6.08 Å². The van der Waals surface area contributed by atoms with Gasteiger partial charge in [-0.05, 0) is 49.2 Å². The number of ether oxygens (including phenoxy) is 7. The Morgan fingerprint density at radius 1 is 0.825 bits per heavy atom. The SMILES string of the molecule is COc1cc(OC)c(OC)cc1/C=C1\Oc2c(cc3c(c2C)OCN(CCc2ccc(OC)c(OC)c2)C3)C1=O. The molecule has 0 unspecified atom stereocenters. The van der Waals surface area contributed by atoms with Crippen molar-refractivity contribution in [3.8, 4) is 40.2 Å². The van der Waals surface area contributed by atoms with Crippen LogP contribution in [0.3, 0.4) is 0 Å². The van der Waals surface area contributed by atoms with Gasteiger partial charge in [0.1, 0.15) is 24.0 Å². The summed E-state index contributed by atoms with van der Waals surface area (Å²) in [6, 6.07) is 11.3. The van der Waals surface area contributed by atoms with Crippen molar-refractivity contribution < 1.29 is 38.0 Å². The lowest BCUT2D eigenvalue weighted by molar-refractivity contribution is 0.0953. The monoisotopic (exact) mass is 547 g/mol. The van der Waals surface area contributed by atoms with Gasteiger partial charge in [-0.15, -0.1) is 0 Å². The fourth-order valence-electron chi connectivity index (χ4n) is 5.07. The first kappa shape index (κ1) is 27.2. The van der Waals surface area contributed by atoms with Crippen LogP contribution < -0.4 is 33.2 Å². The third-order valence-electron chi connectivity index (χ3n) is 7.19. The minimum Gasteiger partial charge on any atom is -0.496 e. The highest BCUT2D eigenvalue weighted by Gasteiger charge is 2.34. The van der Waals surface area contributed by atoms with Crippen molar-refractivity contribution in [2.75, 3.05) is 48.8 Å². The molecule has 0 atom stereocenters. The summed E-state index contributed by atoms with van der Waals surface area (Å²) < 4.78 is 39.3. The first-order chi connectivity index (χ1) is 19.4. The highest BCUT2D eigenvalue weighted by molar-refractivity contribution is 6.15. The molecule has 3 aromatic carbocycles. The third-order valence-corrected chi connectivity index (χ3v) is 7.19. The molecule has 2 aliphatic rings. The van der Waals surface area contributed by atoms with Gasteiger partial charge in [-0.1, -0.05) is 6.07 Å². The Morgan fingerprint density at radius 2 is 1.50 bits per heavy atom. The normalized spacial score (nSPS) is 15.2. The largest absolute Gasteiger partial charge is 0.496 e. The molecular formula is C31H33NO8. The summed E-state index contributed by atoms with van der Waals surface area (Å²) in [4.78, 5) is 15.7. The van der Waals surface area contributed by atoms with E-state index in [2.05, 4.69) is 4.90 Å². The molecule has 0 spiro atoms. The number of hydrogen-bond donors (Lipinski definition) is 0. The zero-order chi connectivity index (χ0) is 28.4. The van der Waals surface area contributed by atoms with E-state index in [4.69, 9.17) is 33.2 Å². The molecule has 0 fully saturated rings. The van der Waals surface area contributed by atoms with Crippen LogP contribution in [-0.2, 0) is 13.0 Å². The predicted octanol–water partition coefficient (Wildman–Crippen LogP) is 5.05. The van der Waals surface area contributed by atoms with E-state index < -0.39 is 0 Å². The molecule has 2 aliphatic heterocycles. The van der Waals surface area contributed by atoms with E-state index in [-0.39, 0.29) is 11.5 Å². The Kier molecular flexibility index (Phi) is 7.75. The van der Waals surface area contributed by atoms with Gasteiger partial charge in [0.05, 0.1) is 41.1 Å². The first-order valence-corrected chi connectivity index (χ1v) is 12.9. The molecule has 0 saturated carbocycles. The van der Waals surface area contributed by atoms with Crippen molar-refractivity contribution in [3.63, 3.8) is 0 Å². The number of fused-ring (bicyclic) bond motifs is 2. The lowest BCUT2D eigenvalue weighted by atomic mass is 9.99. The zero-order valence-electron chi connectivity index (χ0n) is 23.6. The Morgan fingerprint density at radius 3 is 2.20 bits per heavy atom. The van der Waals surface area contributed by atoms with Gasteiger partial charge < -0.3 is 33.2 Å². The Balaban J connectivity index is 1.36. The van der Waals surface area contributed by atoms with Crippen LogP contribution in [0.4, 0.5) is 0 Å². The Bertz CT molecular complexity index is 1480. The quantitative estimate of drug-likeness (QED) is 0.342. The van der Waals surface area contributed by atoms with Crippen molar-refractivity contribution in [1.29, 1.82) is 0 Å². The lowest BCUT2D eigenvalue weighted by Crippen LogP contribution is -2.34. The summed E-state index contributed by atoms with van der Waals surface area (Å²) in [5, 5.41) is 0. The molecule has 0 bridgehead atoms. The number of benzene rings is 3. The molecular weight excluding hydrogens is 514 g/mol. The second-order valence-electron chi connectivity index (χ2n) is 9.52. The lowest BCUT2D eigenvalue weighted by Gasteiger charge is -2.30. The average molecular weight is 548 g/mol. The van der Waals surface area contributed by atoms with E-state index in [0.717, 1.165) is 35.4 Å². The van der Waals surface area contributed by atoms with Crippen LogP contribution in [0.1, 0.15) is 32.6 Å². The summed E-state index contributed by atoms with van der Waals surface area (Å²) >= 11 is 0. The second-order valence-corrected chi connectivity index (χ2v) is 9.52. The maximum Gasteiger partial charge on any atom is 0.231 e. The summed E-state index contributed by atoms with van der Waals surface area (Å²) in [5.41, 5.74) is 4.06. The van der Waals surface area contributed by atoms with E-state index in [1.54, 1.807) is 53.8 Å². The molecule has 2 heterocycles. The average Bonchev–Trinajstić information content (AvgIpc) is 3.30. The number of carbonyl (C=O) groups is 1. The van der Waals surface area contributed by atoms with Crippen LogP contribution in [0.5, 0.6) is 40.2 Å². The fourth-order valence-corrected chi connectivity index (χ4v) is 5.07. The number of methoxy groups -OCH3 is 5. The second kappa shape index (κ2) is 11.4. The van der Waals surface area contributed by atoms with Crippen LogP contribution in [0.15, 0.2) is 42.2 Å². The molecule has 40 heavy (non-hydrogen) atoms. The molecule has 9 heteroatoms. The molecule has 5 rings (SSSR count). The molecule has 3 aromatic rings. The number of rotatable bonds is 9. The Hall–Kier alpha value is -4.37. The van der Waals surface area contributed by atoms with Gasteiger partial charge in [0, 0.05) is 35.8 Å². The Labute approximate surface area is 233 Å². The molecule has 0 N–H and O–H groups in total. The van der Waals surface area contributed by atoms with Gasteiger partial charge in [0.15, 0.2) is 28.8 Å². The van der Waals surface area contributed by atoms with E-state index >= 15 is 0 Å². The van der Waals surface area contributed by atoms with Crippen molar-refractivity contribution in [2.24, 2.45) is 0 Å². The van der Waals surface area contributed by atoms with Crippen LogP contribution >= 0.6 is 0 Å². The van der Waals surface area contributed by atoms with E-state index in [1.807, 2.05) is 31.2 Å². The minimum atomic E-state index is -0.194. The molecule has 210 valence electrons. The zero-order valence-corrected chi connectivity index (χ0v) is 23.6. The summed E-state index contributed by atoms with van der Waals surface area (Å²) in [5.74, 6) is 4.28. The number of allylic oxidation sites excluding steroid dienone is 1. The highest BCUT2D eigenvalue weighted by atomic mass is 16.5. The molecule has 0 aromatic heterocycles. The van der Waals surface area contributed by atoms with Crippen LogP contribution in [0, 0.1) is 6.92 Å². The maximum absolute atomic E-state index is 13.5. The van der Waals surface area contributed by atoms with E-state index in [1.165, 1.54) is 0 Å². The maximum atomic E-state index is 13.5. The number of ketones is 1. The van der Waals surface area contributed by atoms with Crippen LogP contribution in [-0.4, -0.2) is 59.5 Å². The smallest absolute Gasteiger partial charge is 0.231 e. The summed E-state index contributed by atoms with van der Waals surface area (Å²) in [7, 11) is 7.93. The summed E-state index contributed by atoms with van der Waals surface area (Å²) in [6.07, 6.45) is 2.48. The van der Waals surface area contributed by atoms with Gasteiger partial charge in [-0.3, -0.25) is 9.69 Å². The van der Waals surface area contributed by atoms with Crippen molar-refractivity contribution in [1.82, 2.24) is 4.90 Å². The standard InChI is InChI=1S/C31H33NO8/c1-18-30-21(16-32(17-39-30)10-9-19-7-8-23(34-2)25(11-19)36-4)12-22-29(33)28(40-31(18)22)14-20-13-26(37-5)27(38-6)15-24(20)35-3/h7-8,11-15H,9-10,16-17H2,1-6H3/b28-14-. The molecule has 9 nitrogen and oxygen atoms in total. The molecule has 0 amide bonds. The third kappa shape index (κ3) is 5.00. The number of carbonyl (C=O) groups excluding carboxylic acids is 1. The highest BCUT2D eigenvalue weighted by Crippen LogP contribution is 2.44. The van der Waals surface area contributed by atoms with Gasteiger partial charge in [-0.2, -0.15) is 0 Å². The fraction of sp³-hybridized carbons (Fsp3) is 0.323. The van der Waals surface area contributed by atoms with Gasteiger partial charge >= 0.3 is 0 Å². The number of Topliss-reactive ketones (excluding diaryl/α,β-unsaturated/α-hetero) is 1. The molecule has 0 radical (unpaired) electrons. The first-order valence-electron chi connectivity index (χ1n) is 12.9. The van der Waals surface area contributed by atoms with Gasteiger partial charge in [0.25, 0.3) is 0 Å². The van der Waals surface area contributed by atoms with Crippen molar-refractivity contribution in [2.45, 2.75) is 19.9 Å². The number of nitrogens with zero attached hydrogens (tertiary/aromatic N) is 1. The topological polar surface area (TPSA) is 84.9 Å². The molecule has 0 aliphatic carbocycles. The van der Waals surface area contributed by atoms with Crippen molar-refractivity contribution >= 4 is 11.9 Å². The minimum absolute atomic E-state index is 0.194. The van der Waals surface area contributed by atoms with Crippen molar-refractivity contribution in [3.05, 3.63) is 70.0 Å². The van der Waals surface area contributed by atoms with Crippen LogP contribution in [0.2, 0.25) is 0 Å². The van der Waals surface area contributed by atoms with Gasteiger partial charge in [-0.25, -0.2) is 0 Å². The predicted molar refractivity (Wildman–Crippen MR) is 149 cm³/mol. The van der Waals surface area contributed by atoms with E-state index in [0.29, 0.717) is 58.9 Å². The molecule has 0 saturated heterocycles. The van der Waals surface area contributed by atoms with E-state index in [9.17, 15) is 4.79 Å². The van der Waals surface area contributed by atoms with Gasteiger partial charge in [0.2, 0.25) is 5.78 Å². The summed E-state index contributed by atoms with van der Waals surface area (Å²) in [6.45, 7) is 3.80.